The molecule has 6 nitrogen and oxygen atoms in total. The number of aromatic nitrogens is 2. The van der Waals surface area contributed by atoms with Crippen LogP contribution in [0.2, 0.25) is 0 Å². The number of hydrogen-bond donors (Lipinski definition) is 1. The van der Waals surface area contributed by atoms with Crippen LogP contribution >= 0.6 is 0 Å². The maximum Gasteiger partial charge on any atom is 0.223 e. The summed E-state index contributed by atoms with van der Waals surface area (Å²) >= 11 is 0. The fraction of sp³-hybridized carbons (Fsp3) is 0.750. The molecule has 23 heavy (non-hydrogen) atoms. The first kappa shape index (κ1) is 16.6. The fourth-order valence-electron chi connectivity index (χ4n) is 3.32. The van der Waals surface area contributed by atoms with Gasteiger partial charge in [0.2, 0.25) is 16.0 Å². The van der Waals surface area contributed by atoms with Crippen LogP contribution in [0.25, 0.3) is 0 Å². The van der Waals surface area contributed by atoms with Gasteiger partial charge in [0.15, 0.2) is 0 Å². The van der Waals surface area contributed by atoms with Gasteiger partial charge in [-0.3, -0.25) is 0 Å². The Kier molecular flexibility index (Phi) is 4.87. The lowest BCUT2D eigenvalue weighted by Gasteiger charge is -2.31. The smallest absolute Gasteiger partial charge is 0.223 e. The number of sulfonamides is 1. The molecule has 2 aliphatic rings. The number of aryl methyl sites for hydroxylation is 1. The van der Waals surface area contributed by atoms with Crippen LogP contribution in [0, 0.1) is 12.8 Å². The first-order valence-corrected chi connectivity index (χ1v) is 10.3. The maximum absolute atomic E-state index is 11.7. The predicted octanol–water partition coefficient (Wildman–Crippen LogP) is 2.14. The first-order chi connectivity index (χ1) is 10.9. The van der Waals surface area contributed by atoms with Crippen molar-refractivity contribution >= 4 is 16.0 Å². The Morgan fingerprint density at radius 2 is 2.04 bits per heavy atom. The summed E-state index contributed by atoms with van der Waals surface area (Å²) in [4.78, 5) is 9.13. The molecule has 1 saturated heterocycles. The van der Waals surface area contributed by atoms with E-state index in [4.69, 9.17) is 0 Å². The van der Waals surface area contributed by atoms with E-state index in [1.165, 1.54) is 25.5 Å². The topological polar surface area (TPSA) is 75.2 Å². The van der Waals surface area contributed by atoms with Gasteiger partial charge in [-0.25, -0.2) is 22.7 Å². The standard InChI is InChI=1S/C16H26N4O2S/c1-12-9-15(14-6-3-7-14)19-16(18-12)17-10-13-5-4-8-20(11-13)23(2,21)22/h9,13-14H,3-8,10-11H2,1-2H3,(H,17,18,19)/t13-/m0/s1. The third-order valence-electron chi connectivity index (χ3n) is 4.90. The summed E-state index contributed by atoms with van der Waals surface area (Å²) in [6.45, 7) is 3.95. The van der Waals surface area contributed by atoms with Crippen molar-refractivity contribution in [1.29, 1.82) is 0 Å². The van der Waals surface area contributed by atoms with Crippen molar-refractivity contribution in [2.45, 2.75) is 44.9 Å². The van der Waals surface area contributed by atoms with Gasteiger partial charge in [-0.1, -0.05) is 6.42 Å². The molecule has 1 aliphatic carbocycles. The minimum atomic E-state index is -3.09. The summed E-state index contributed by atoms with van der Waals surface area (Å²) in [5.74, 6) is 1.59. The number of anilines is 1. The molecule has 0 radical (unpaired) electrons. The van der Waals surface area contributed by atoms with Crippen molar-refractivity contribution in [1.82, 2.24) is 14.3 Å². The molecule has 1 atom stereocenters. The zero-order chi connectivity index (χ0) is 16.4. The first-order valence-electron chi connectivity index (χ1n) is 8.46. The van der Waals surface area contributed by atoms with Gasteiger partial charge >= 0.3 is 0 Å². The van der Waals surface area contributed by atoms with Crippen molar-refractivity contribution in [2.24, 2.45) is 5.92 Å². The van der Waals surface area contributed by atoms with Crippen LogP contribution in [0.1, 0.15) is 49.4 Å². The lowest BCUT2D eigenvalue weighted by atomic mass is 9.83. The molecule has 0 unspecified atom stereocenters. The molecule has 0 amide bonds. The van der Waals surface area contributed by atoms with E-state index in [9.17, 15) is 8.42 Å². The van der Waals surface area contributed by atoms with Crippen LogP contribution in [0.15, 0.2) is 6.07 Å². The Morgan fingerprint density at radius 1 is 1.26 bits per heavy atom. The number of nitrogens with zero attached hydrogens (tertiary/aromatic N) is 3. The maximum atomic E-state index is 11.7. The zero-order valence-corrected chi connectivity index (χ0v) is 14.8. The monoisotopic (exact) mass is 338 g/mol. The van der Waals surface area contributed by atoms with Gasteiger partial charge < -0.3 is 5.32 Å². The molecular formula is C16H26N4O2S. The van der Waals surface area contributed by atoms with Gasteiger partial charge in [-0.05, 0) is 44.6 Å². The third kappa shape index (κ3) is 4.20. The molecule has 1 aromatic heterocycles. The molecular weight excluding hydrogens is 312 g/mol. The minimum Gasteiger partial charge on any atom is -0.354 e. The number of hydrogen-bond acceptors (Lipinski definition) is 5. The summed E-state index contributed by atoms with van der Waals surface area (Å²) in [6.07, 6.45) is 6.99. The second kappa shape index (κ2) is 6.73. The molecule has 128 valence electrons. The van der Waals surface area contributed by atoms with E-state index >= 15 is 0 Å². The molecule has 2 fully saturated rings. The van der Waals surface area contributed by atoms with E-state index in [1.54, 1.807) is 4.31 Å². The predicted molar refractivity (Wildman–Crippen MR) is 91.0 cm³/mol. The van der Waals surface area contributed by atoms with E-state index in [0.29, 0.717) is 30.9 Å². The molecule has 0 bridgehead atoms. The van der Waals surface area contributed by atoms with E-state index < -0.39 is 10.0 Å². The Labute approximate surface area is 138 Å². The Hall–Kier alpha value is -1.21. The van der Waals surface area contributed by atoms with E-state index in [1.807, 2.05) is 6.92 Å². The SMILES string of the molecule is Cc1cc(C2CCC2)nc(NC[C@@H]2CCCN(S(C)(=O)=O)C2)n1. The van der Waals surface area contributed by atoms with Crippen molar-refractivity contribution in [3.05, 3.63) is 17.5 Å². The Bertz CT molecular complexity index is 658. The quantitative estimate of drug-likeness (QED) is 0.890. The zero-order valence-electron chi connectivity index (χ0n) is 14.0. The van der Waals surface area contributed by atoms with Crippen LogP contribution < -0.4 is 5.32 Å². The molecule has 2 heterocycles. The second-order valence-corrected chi connectivity index (χ2v) is 8.88. The normalized spacial score (nSPS) is 23.5. The van der Waals surface area contributed by atoms with Crippen LogP contribution in [0.3, 0.4) is 0 Å². The van der Waals surface area contributed by atoms with Crippen molar-refractivity contribution in [3.8, 4) is 0 Å². The molecule has 1 saturated carbocycles. The van der Waals surface area contributed by atoms with Gasteiger partial charge in [-0.2, -0.15) is 0 Å². The summed E-state index contributed by atoms with van der Waals surface area (Å²) < 4.78 is 25.0. The Morgan fingerprint density at radius 3 is 2.70 bits per heavy atom. The van der Waals surface area contributed by atoms with Crippen LogP contribution in [0.4, 0.5) is 5.95 Å². The number of nitrogens with one attached hydrogen (secondary N) is 1. The number of rotatable bonds is 5. The third-order valence-corrected chi connectivity index (χ3v) is 6.17. The Balaban J connectivity index is 1.60. The van der Waals surface area contributed by atoms with E-state index in [-0.39, 0.29) is 0 Å². The molecule has 1 aromatic rings. The van der Waals surface area contributed by atoms with Gasteiger partial charge in [-0.15, -0.1) is 0 Å². The van der Waals surface area contributed by atoms with Gasteiger partial charge in [0.05, 0.1) is 6.26 Å². The van der Waals surface area contributed by atoms with Gasteiger partial charge in [0.1, 0.15) is 0 Å². The molecule has 7 heteroatoms. The molecule has 0 spiro atoms. The summed E-state index contributed by atoms with van der Waals surface area (Å²) in [5, 5.41) is 3.33. The second-order valence-electron chi connectivity index (χ2n) is 6.90. The van der Waals surface area contributed by atoms with E-state index in [0.717, 1.165) is 30.8 Å². The lowest BCUT2D eigenvalue weighted by molar-refractivity contribution is 0.276. The van der Waals surface area contributed by atoms with Crippen LogP contribution in [-0.4, -0.2) is 48.6 Å². The molecule has 1 N–H and O–H groups in total. The van der Waals surface area contributed by atoms with Gasteiger partial charge in [0, 0.05) is 36.9 Å². The lowest BCUT2D eigenvalue weighted by Crippen LogP contribution is -2.41. The largest absolute Gasteiger partial charge is 0.354 e. The fourth-order valence-corrected chi connectivity index (χ4v) is 4.26. The highest BCUT2D eigenvalue weighted by Crippen LogP contribution is 2.35. The highest BCUT2D eigenvalue weighted by atomic mass is 32.2. The van der Waals surface area contributed by atoms with Gasteiger partial charge in [0.25, 0.3) is 0 Å². The summed E-state index contributed by atoms with van der Waals surface area (Å²) in [7, 11) is -3.09. The minimum absolute atomic E-state index is 0.315. The van der Waals surface area contributed by atoms with E-state index in [2.05, 4.69) is 21.4 Å². The summed E-state index contributed by atoms with van der Waals surface area (Å²) in [5.41, 5.74) is 2.14. The highest BCUT2D eigenvalue weighted by Gasteiger charge is 2.26. The van der Waals surface area contributed by atoms with Crippen LogP contribution in [-0.2, 0) is 10.0 Å². The van der Waals surface area contributed by atoms with Crippen molar-refractivity contribution < 1.29 is 8.42 Å². The molecule has 1 aliphatic heterocycles. The average Bonchev–Trinajstić information content (AvgIpc) is 2.42. The average molecular weight is 338 g/mol. The molecule has 0 aromatic carbocycles. The highest BCUT2D eigenvalue weighted by molar-refractivity contribution is 7.88. The molecule has 3 rings (SSSR count). The van der Waals surface area contributed by atoms with Crippen molar-refractivity contribution in [3.63, 3.8) is 0 Å². The van der Waals surface area contributed by atoms with Crippen LogP contribution in [0.5, 0.6) is 0 Å². The van der Waals surface area contributed by atoms with Crippen molar-refractivity contribution in [2.75, 3.05) is 31.2 Å². The number of piperidine rings is 1. The summed E-state index contributed by atoms with van der Waals surface area (Å²) in [6, 6.07) is 2.08.